The summed E-state index contributed by atoms with van der Waals surface area (Å²) < 4.78 is 5.51. The normalized spacial score (nSPS) is 12.0. The van der Waals surface area contributed by atoms with Crippen molar-refractivity contribution in [1.82, 2.24) is 0 Å². The molecule has 0 aliphatic rings. The number of nitrogens with one attached hydrogen (secondary N) is 1. The maximum Gasteiger partial charge on any atom is 0.119 e. The molecule has 2 rings (SSSR count). The van der Waals surface area contributed by atoms with E-state index in [9.17, 15) is 0 Å². The number of aryl methyl sites for hydroxylation is 1. The highest BCUT2D eigenvalue weighted by Crippen LogP contribution is 2.23. The third-order valence-corrected chi connectivity index (χ3v) is 3.77. The zero-order valence-corrected chi connectivity index (χ0v) is 13.2. The van der Waals surface area contributed by atoms with Gasteiger partial charge in [0, 0.05) is 12.2 Å². The molecule has 0 saturated carbocycles. The van der Waals surface area contributed by atoms with Crippen molar-refractivity contribution in [2.45, 2.75) is 33.1 Å². The van der Waals surface area contributed by atoms with E-state index in [1.54, 1.807) is 0 Å². The minimum Gasteiger partial charge on any atom is -0.494 e. The molecule has 0 saturated heterocycles. The third-order valence-electron chi connectivity index (χ3n) is 3.77. The van der Waals surface area contributed by atoms with E-state index in [2.05, 4.69) is 61.6 Å². The highest BCUT2D eigenvalue weighted by atomic mass is 16.5. The molecule has 0 radical (unpaired) electrons. The van der Waals surface area contributed by atoms with Gasteiger partial charge in [0.1, 0.15) is 5.75 Å². The molecule has 0 aromatic heterocycles. The third kappa shape index (κ3) is 4.52. The van der Waals surface area contributed by atoms with E-state index in [0.717, 1.165) is 18.7 Å². The highest BCUT2D eigenvalue weighted by Gasteiger charge is 2.05. The van der Waals surface area contributed by atoms with Gasteiger partial charge >= 0.3 is 0 Å². The second kappa shape index (κ2) is 7.72. The van der Waals surface area contributed by atoms with Gasteiger partial charge in [0.15, 0.2) is 0 Å². The smallest absolute Gasteiger partial charge is 0.119 e. The predicted octanol–water partition coefficient (Wildman–Crippen LogP) is 5.00. The molecule has 2 aromatic carbocycles. The largest absolute Gasteiger partial charge is 0.494 e. The molecule has 1 N–H and O–H groups in total. The van der Waals surface area contributed by atoms with Gasteiger partial charge in [-0.2, -0.15) is 0 Å². The molecule has 0 amide bonds. The molecule has 112 valence electrons. The summed E-state index contributed by atoms with van der Waals surface area (Å²) in [6.45, 7) is 8.09. The van der Waals surface area contributed by atoms with E-state index in [4.69, 9.17) is 4.74 Å². The molecule has 1 unspecified atom stereocenters. The fourth-order valence-corrected chi connectivity index (χ4v) is 2.46. The van der Waals surface area contributed by atoms with Gasteiger partial charge in [-0.15, -0.1) is 0 Å². The molecule has 2 heteroatoms. The van der Waals surface area contributed by atoms with E-state index in [-0.39, 0.29) is 0 Å². The molecule has 0 fully saturated rings. The van der Waals surface area contributed by atoms with Crippen LogP contribution in [-0.2, 0) is 0 Å². The van der Waals surface area contributed by atoms with Crippen LogP contribution in [0.15, 0.2) is 48.5 Å². The lowest BCUT2D eigenvalue weighted by Crippen LogP contribution is -2.07. The first-order chi connectivity index (χ1) is 10.2. The van der Waals surface area contributed by atoms with Crippen molar-refractivity contribution in [1.29, 1.82) is 0 Å². The van der Waals surface area contributed by atoms with E-state index in [1.165, 1.54) is 16.8 Å². The first-order valence-corrected chi connectivity index (χ1v) is 7.73. The van der Waals surface area contributed by atoms with Crippen molar-refractivity contribution in [3.05, 3.63) is 59.7 Å². The summed E-state index contributed by atoms with van der Waals surface area (Å²) in [6, 6.07) is 16.9. The molecule has 0 heterocycles. The minimum atomic E-state index is 0.571. The SMILES string of the molecule is CCOc1ccc(NCCC(C)c2ccccc2)c(C)c1. The van der Waals surface area contributed by atoms with Gasteiger partial charge in [0.05, 0.1) is 6.61 Å². The maximum atomic E-state index is 5.51. The average molecular weight is 283 g/mol. The van der Waals surface area contributed by atoms with Crippen molar-refractivity contribution in [3.8, 4) is 5.75 Å². The standard InChI is InChI=1S/C19H25NO/c1-4-21-18-10-11-19(16(3)14-18)20-13-12-15(2)17-8-6-5-7-9-17/h5-11,14-15,20H,4,12-13H2,1-3H3. The molecule has 2 aromatic rings. The predicted molar refractivity (Wildman–Crippen MR) is 90.3 cm³/mol. The van der Waals surface area contributed by atoms with Crippen LogP contribution in [0.4, 0.5) is 5.69 Å². The van der Waals surface area contributed by atoms with Gasteiger partial charge < -0.3 is 10.1 Å². The topological polar surface area (TPSA) is 21.3 Å². The van der Waals surface area contributed by atoms with E-state index in [0.29, 0.717) is 12.5 Å². The Bertz CT molecular complexity index is 551. The van der Waals surface area contributed by atoms with Crippen LogP contribution in [0.25, 0.3) is 0 Å². The minimum absolute atomic E-state index is 0.571. The number of hydrogen-bond acceptors (Lipinski definition) is 2. The van der Waals surface area contributed by atoms with E-state index >= 15 is 0 Å². The van der Waals surface area contributed by atoms with Crippen LogP contribution >= 0.6 is 0 Å². The molecule has 2 nitrogen and oxygen atoms in total. The van der Waals surface area contributed by atoms with Crippen molar-refractivity contribution >= 4 is 5.69 Å². The van der Waals surface area contributed by atoms with Gasteiger partial charge in [-0.25, -0.2) is 0 Å². The zero-order valence-electron chi connectivity index (χ0n) is 13.2. The quantitative estimate of drug-likeness (QED) is 0.772. The summed E-state index contributed by atoms with van der Waals surface area (Å²) in [5.74, 6) is 1.51. The van der Waals surface area contributed by atoms with Crippen LogP contribution < -0.4 is 10.1 Å². The number of hydrogen-bond donors (Lipinski definition) is 1. The van der Waals surface area contributed by atoms with Crippen LogP contribution in [0, 0.1) is 6.92 Å². The molecule has 0 bridgehead atoms. The Morgan fingerprint density at radius 2 is 1.86 bits per heavy atom. The highest BCUT2D eigenvalue weighted by molar-refractivity contribution is 5.53. The lowest BCUT2D eigenvalue weighted by atomic mass is 9.98. The molecule has 0 aliphatic carbocycles. The summed E-state index contributed by atoms with van der Waals surface area (Å²) in [5.41, 5.74) is 3.83. The first-order valence-electron chi connectivity index (χ1n) is 7.73. The lowest BCUT2D eigenvalue weighted by molar-refractivity contribution is 0.340. The van der Waals surface area contributed by atoms with E-state index < -0.39 is 0 Å². The summed E-state index contributed by atoms with van der Waals surface area (Å²) in [5, 5.41) is 3.53. The van der Waals surface area contributed by atoms with Crippen LogP contribution in [0.5, 0.6) is 5.75 Å². The number of benzene rings is 2. The summed E-state index contributed by atoms with van der Waals surface area (Å²) >= 11 is 0. The van der Waals surface area contributed by atoms with Crippen LogP contribution in [0.1, 0.15) is 37.3 Å². The Hall–Kier alpha value is -1.96. The summed E-state index contributed by atoms with van der Waals surface area (Å²) in [6.07, 6.45) is 1.12. The second-order valence-electron chi connectivity index (χ2n) is 5.44. The van der Waals surface area contributed by atoms with Gasteiger partial charge in [-0.1, -0.05) is 37.3 Å². The van der Waals surface area contributed by atoms with Gasteiger partial charge in [0.25, 0.3) is 0 Å². The first kappa shape index (κ1) is 15.4. The maximum absolute atomic E-state index is 5.51. The van der Waals surface area contributed by atoms with Gasteiger partial charge in [-0.05, 0) is 55.5 Å². The van der Waals surface area contributed by atoms with Crippen LogP contribution in [0.2, 0.25) is 0 Å². The fraction of sp³-hybridized carbons (Fsp3) is 0.368. The van der Waals surface area contributed by atoms with Crippen molar-refractivity contribution < 1.29 is 4.74 Å². The summed E-state index contributed by atoms with van der Waals surface area (Å²) in [4.78, 5) is 0. The second-order valence-corrected chi connectivity index (χ2v) is 5.44. The Labute approximate surface area is 128 Å². The zero-order chi connectivity index (χ0) is 15.1. The molecule has 0 spiro atoms. The Kier molecular flexibility index (Phi) is 5.68. The molecule has 0 aliphatic heterocycles. The van der Waals surface area contributed by atoms with Crippen LogP contribution in [0.3, 0.4) is 0 Å². The molecule has 21 heavy (non-hydrogen) atoms. The number of anilines is 1. The van der Waals surface area contributed by atoms with Crippen LogP contribution in [-0.4, -0.2) is 13.2 Å². The van der Waals surface area contributed by atoms with Crippen molar-refractivity contribution in [2.75, 3.05) is 18.5 Å². The lowest BCUT2D eigenvalue weighted by Gasteiger charge is -2.15. The molecular formula is C19H25NO. The monoisotopic (exact) mass is 283 g/mol. The van der Waals surface area contributed by atoms with Crippen molar-refractivity contribution in [2.24, 2.45) is 0 Å². The number of rotatable bonds is 7. The van der Waals surface area contributed by atoms with Gasteiger partial charge in [0.2, 0.25) is 0 Å². The molecule has 1 atom stereocenters. The fourth-order valence-electron chi connectivity index (χ4n) is 2.46. The summed E-state index contributed by atoms with van der Waals surface area (Å²) in [7, 11) is 0. The van der Waals surface area contributed by atoms with E-state index in [1.807, 2.05) is 13.0 Å². The Balaban J connectivity index is 1.86. The average Bonchev–Trinajstić information content (AvgIpc) is 2.50. The molecular weight excluding hydrogens is 258 g/mol. The Morgan fingerprint density at radius 3 is 2.52 bits per heavy atom. The van der Waals surface area contributed by atoms with Crippen molar-refractivity contribution in [3.63, 3.8) is 0 Å². The van der Waals surface area contributed by atoms with Gasteiger partial charge in [-0.3, -0.25) is 0 Å². The number of ether oxygens (including phenoxy) is 1. The Morgan fingerprint density at radius 1 is 1.10 bits per heavy atom.